The molecule has 2 heterocycles. The van der Waals surface area contributed by atoms with Crippen molar-refractivity contribution < 1.29 is 4.79 Å². The molecular formula is C30H30ClN5OS. The van der Waals surface area contributed by atoms with Crippen LogP contribution in [0.4, 0.5) is 17.2 Å². The molecule has 0 bridgehead atoms. The van der Waals surface area contributed by atoms with Crippen LogP contribution in [-0.2, 0) is 12.2 Å². The molecule has 1 fully saturated rings. The van der Waals surface area contributed by atoms with Crippen molar-refractivity contribution in [3.8, 4) is 0 Å². The second-order valence-electron chi connectivity index (χ2n) is 9.48. The van der Waals surface area contributed by atoms with E-state index in [-0.39, 0.29) is 5.91 Å². The van der Waals surface area contributed by atoms with Crippen molar-refractivity contribution in [3.05, 3.63) is 107 Å². The molecule has 0 aliphatic carbocycles. The molecule has 0 spiro atoms. The SMILES string of the molecule is Nc1ccccc1NC(=O)c1ccc(CSc2nc(Cl)cc(N3CCC(Cc4ccccc4)CC3)n2)cc1. The first kappa shape index (κ1) is 26.1. The average Bonchev–Trinajstić information content (AvgIpc) is 2.94. The zero-order valence-corrected chi connectivity index (χ0v) is 22.6. The molecule has 0 atom stereocenters. The van der Waals surface area contributed by atoms with Crippen LogP contribution >= 0.6 is 23.4 Å². The molecule has 3 aromatic carbocycles. The largest absolute Gasteiger partial charge is 0.397 e. The molecule has 38 heavy (non-hydrogen) atoms. The molecule has 1 saturated heterocycles. The number of anilines is 3. The fourth-order valence-corrected chi connectivity index (χ4v) is 5.67. The van der Waals surface area contributed by atoms with Crippen molar-refractivity contribution in [3.63, 3.8) is 0 Å². The van der Waals surface area contributed by atoms with E-state index >= 15 is 0 Å². The van der Waals surface area contributed by atoms with Crippen molar-refractivity contribution in [1.29, 1.82) is 0 Å². The predicted molar refractivity (Wildman–Crippen MR) is 157 cm³/mol. The molecule has 1 aliphatic rings. The van der Waals surface area contributed by atoms with Crippen LogP contribution in [0.1, 0.15) is 34.3 Å². The molecule has 3 N–H and O–H groups in total. The fourth-order valence-electron chi connectivity index (χ4n) is 4.63. The number of nitrogen functional groups attached to an aromatic ring is 1. The van der Waals surface area contributed by atoms with Crippen molar-refractivity contribution in [1.82, 2.24) is 9.97 Å². The lowest BCUT2D eigenvalue weighted by molar-refractivity contribution is 0.102. The minimum atomic E-state index is -0.197. The summed E-state index contributed by atoms with van der Waals surface area (Å²) in [6.45, 7) is 1.93. The van der Waals surface area contributed by atoms with Crippen molar-refractivity contribution in [2.75, 3.05) is 29.0 Å². The Morgan fingerprint density at radius 3 is 2.39 bits per heavy atom. The lowest BCUT2D eigenvalue weighted by atomic mass is 9.90. The van der Waals surface area contributed by atoms with Crippen LogP contribution < -0.4 is 16.0 Å². The maximum Gasteiger partial charge on any atom is 0.255 e. The molecule has 1 amide bonds. The van der Waals surface area contributed by atoms with E-state index in [1.165, 1.54) is 17.3 Å². The molecule has 6 nitrogen and oxygen atoms in total. The molecule has 1 aliphatic heterocycles. The van der Waals surface area contributed by atoms with Gasteiger partial charge in [0.05, 0.1) is 11.4 Å². The Kier molecular flexibility index (Phi) is 8.46. The Labute approximate surface area is 232 Å². The Bertz CT molecular complexity index is 1380. The number of nitrogens with zero attached hydrogens (tertiary/aromatic N) is 3. The first-order valence-electron chi connectivity index (χ1n) is 12.7. The van der Waals surface area contributed by atoms with Gasteiger partial charge in [0.1, 0.15) is 11.0 Å². The fraction of sp³-hybridized carbons (Fsp3) is 0.233. The Morgan fingerprint density at radius 1 is 0.947 bits per heavy atom. The molecule has 194 valence electrons. The van der Waals surface area contributed by atoms with E-state index in [1.54, 1.807) is 12.1 Å². The number of hydrogen-bond acceptors (Lipinski definition) is 6. The minimum absolute atomic E-state index is 0.197. The molecule has 5 rings (SSSR count). The van der Waals surface area contributed by atoms with E-state index in [0.29, 0.717) is 38.9 Å². The number of rotatable bonds is 8. The first-order chi connectivity index (χ1) is 18.5. The zero-order valence-electron chi connectivity index (χ0n) is 21.0. The number of para-hydroxylation sites is 2. The first-order valence-corrected chi connectivity index (χ1v) is 14.1. The van der Waals surface area contributed by atoms with Crippen molar-refractivity contribution in [2.24, 2.45) is 5.92 Å². The number of carbonyl (C=O) groups is 1. The van der Waals surface area contributed by atoms with E-state index in [4.69, 9.17) is 22.3 Å². The summed E-state index contributed by atoms with van der Waals surface area (Å²) >= 11 is 7.91. The summed E-state index contributed by atoms with van der Waals surface area (Å²) < 4.78 is 0. The number of aromatic nitrogens is 2. The Morgan fingerprint density at radius 2 is 1.66 bits per heavy atom. The molecule has 8 heteroatoms. The third-order valence-electron chi connectivity index (χ3n) is 6.76. The predicted octanol–water partition coefficient (Wildman–Crippen LogP) is 6.72. The maximum atomic E-state index is 12.6. The van der Waals surface area contributed by atoms with E-state index in [9.17, 15) is 4.79 Å². The maximum absolute atomic E-state index is 12.6. The third kappa shape index (κ3) is 6.85. The van der Waals surface area contributed by atoms with Crippen molar-refractivity contribution >= 4 is 46.5 Å². The van der Waals surface area contributed by atoms with Gasteiger partial charge in [-0.25, -0.2) is 9.97 Å². The monoisotopic (exact) mass is 543 g/mol. The number of nitrogens with one attached hydrogen (secondary N) is 1. The lowest BCUT2D eigenvalue weighted by Gasteiger charge is -2.33. The number of carbonyl (C=O) groups excluding carboxylic acids is 1. The topological polar surface area (TPSA) is 84.1 Å². The number of piperidine rings is 1. The number of benzene rings is 3. The third-order valence-corrected chi connectivity index (χ3v) is 7.87. The van der Waals surface area contributed by atoms with Gasteiger partial charge in [0.15, 0.2) is 5.16 Å². The van der Waals surface area contributed by atoms with E-state index in [0.717, 1.165) is 43.7 Å². The van der Waals surface area contributed by atoms with Gasteiger partial charge < -0.3 is 16.0 Å². The van der Waals surface area contributed by atoms with Gasteiger partial charge in [-0.2, -0.15) is 0 Å². The van der Waals surface area contributed by atoms with E-state index in [2.05, 4.69) is 45.5 Å². The number of halogens is 1. The highest BCUT2D eigenvalue weighted by molar-refractivity contribution is 7.98. The summed E-state index contributed by atoms with van der Waals surface area (Å²) in [4.78, 5) is 24.1. The van der Waals surface area contributed by atoms with Gasteiger partial charge in [0.25, 0.3) is 5.91 Å². The highest BCUT2D eigenvalue weighted by Crippen LogP contribution is 2.29. The molecule has 1 aromatic heterocycles. The van der Waals surface area contributed by atoms with Gasteiger partial charge in [0.2, 0.25) is 0 Å². The average molecular weight is 544 g/mol. The van der Waals surface area contributed by atoms with Crippen LogP contribution in [0.2, 0.25) is 5.15 Å². The van der Waals surface area contributed by atoms with Gasteiger partial charge in [-0.15, -0.1) is 0 Å². The summed E-state index contributed by atoms with van der Waals surface area (Å²) in [6, 6.07) is 27.3. The summed E-state index contributed by atoms with van der Waals surface area (Å²) in [5, 5.41) is 3.96. The van der Waals surface area contributed by atoms with Crippen LogP contribution in [-0.4, -0.2) is 29.0 Å². The van der Waals surface area contributed by atoms with Gasteiger partial charge in [-0.05, 0) is 60.6 Å². The summed E-state index contributed by atoms with van der Waals surface area (Å²) in [6.07, 6.45) is 3.40. The van der Waals surface area contributed by atoms with Gasteiger partial charge in [-0.3, -0.25) is 4.79 Å². The standard InChI is InChI=1S/C30H30ClN5OS/c31-27-19-28(36-16-14-22(15-17-36)18-21-6-2-1-3-7-21)35-30(34-27)38-20-23-10-12-24(13-11-23)29(37)33-26-9-5-4-8-25(26)32/h1-13,19,22H,14-18,20,32H2,(H,33,37). The highest BCUT2D eigenvalue weighted by Gasteiger charge is 2.21. The summed E-state index contributed by atoms with van der Waals surface area (Å²) in [5.41, 5.74) is 10.1. The second kappa shape index (κ2) is 12.3. The Hall–Kier alpha value is -3.55. The number of thioether (sulfide) groups is 1. The molecule has 0 radical (unpaired) electrons. The van der Waals surface area contributed by atoms with Crippen LogP contribution in [0.3, 0.4) is 0 Å². The Balaban J connectivity index is 1.15. The van der Waals surface area contributed by atoms with Crippen LogP contribution in [0.5, 0.6) is 0 Å². The second-order valence-corrected chi connectivity index (χ2v) is 10.8. The smallest absolute Gasteiger partial charge is 0.255 e. The van der Waals surface area contributed by atoms with Crippen LogP contribution in [0, 0.1) is 5.92 Å². The quantitative estimate of drug-likeness (QED) is 0.111. The van der Waals surface area contributed by atoms with Gasteiger partial charge in [0, 0.05) is 30.5 Å². The van der Waals surface area contributed by atoms with Gasteiger partial charge in [-0.1, -0.05) is 78.0 Å². The molecule has 4 aromatic rings. The number of nitrogens with two attached hydrogens (primary N) is 1. The molecular weight excluding hydrogens is 514 g/mol. The van der Waals surface area contributed by atoms with Crippen molar-refractivity contribution in [2.45, 2.75) is 30.2 Å². The van der Waals surface area contributed by atoms with Crippen LogP contribution in [0.15, 0.2) is 90.1 Å². The molecule has 0 unspecified atom stereocenters. The number of amides is 1. The summed E-state index contributed by atoms with van der Waals surface area (Å²) in [5.74, 6) is 2.05. The highest BCUT2D eigenvalue weighted by atomic mass is 35.5. The van der Waals surface area contributed by atoms with Crippen LogP contribution in [0.25, 0.3) is 0 Å². The zero-order chi connectivity index (χ0) is 26.3. The minimum Gasteiger partial charge on any atom is -0.397 e. The number of hydrogen-bond donors (Lipinski definition) is 2. The molecule has 0 saturated carbocycles. The lowest BCUT2D eigenvalue weighted by Crippen LogP contribution is -2.35. The van der Waals surface area contributed by atoms with E-state index in [1.807, 2.05) is 42.5 Å². The normalized spacial score (nSPS) is 13.9. The van der Waals surface area contributed by atoms with Gasteiger partial charge >= 0.3 is 0 Å². The summed E-state index contributed by atoms with van der Waals surface area (Å²) in [7, 11) is 0. The van der Waals surface area contributed by atoms with E-state index < -0.39 is 0 Å².